The summed E-state index contributed by atoms with van der Waals surface area (Å²) in [5.41, 5.74) is 2.28. The largest absolute Gasteiger partial charge is 0.329 e. The fourth-order valence-electron chi connectivity index (χ4n) is 3.27. The average molecular weight is 315 g/mol. The van der Waals surface area contributed by atoms with Crippen LogP contribution in [0.25, 0.3) is 11.0 Å². The average Bonchev–Trinajstić information content (AvgIpc) is 2.71. The molecule has 1 saturated heterocycles. The van der Waals surface area contributed by atoms with Gasteiger partial charge >= 0.3 is 5.69 Å². The Kier molecular flexibility index (Phi) is 3.43. The molecule has 1 aliphatic rings. The summed E-state index contributed by atoms with van der Waals surface area (Å²) in [5, 5.41) is 2.33. The van der Waals surface area contributed by atoms with E-state index in [0.717, 1.165) is 16.6 Å². The number of fused-ring (bicyclic) bond motifs is 1. The zero-order valence-electron chi connectivity index (χ0n) is 13.8. The standard InChI is InChI=1S/C17H21N3O3/c1-17(2,3)10-6-5-7-11-14(10)19(4)16(23)20(11)12-8-9-13(21)18-15(12)22/h5-7,12H,8-9H2,1-4H3,(H,18,21,22)/t12-/m1/s1. The van der Waals surface area contributed by atoms with Crippen LogP contribution in [-0.4, -0.2) is 20.9 Å². The topological polar surface area (TPSA) is 73.1 Å². The highest BCUT2D eigenvalue weighted by molar-refractivity contribution is 6.00. The lowest BCUT2D eigenvalue weighted by Gasteiger charge is -2.23. The molecule has 2 amide bonds. The van der Waals surface area contributed by atoms with E-state index >= 15 is 0 Å². The molecule has 0 radical (unpaired) electrons. The Labute approximate surface area is 134 Å². The first-order valence-corrected chi connectivity index (χ1v) is 7.76. The SMILES string of the molecule is Cn1c(=O)n([C@@H]2CCC(=O)NC2=O)c2cccc(C(C)(C)C)c21. The van der Waals surface area contributed by atoms with Crippen molar-refractivity contribution in [3.8, 4) is 0 Å². The van der Waals surface area contributed by atoms with Gasteiger partial charge in [0.25, 0.3) is 0 Å². The number of aryl methyl sites for hydroxylation is 1. The van der Waals surface area contributed by atoms with Crippen molar-refractivity contribution in [2.45, 2.75) is 45.1 Å². The van der Waals surface area contributed by atoms with E-state index in [0.29, 0.717) is 6.42 Å². The van der Waals surface area contributed by atoms with Crippen LogP contribution in [0, 0.1) is 0 Å². The Hall–Kier alpha value is -2.37. The molecule has 2 aromatic rings. The first-order chi connectivity index (χ1) is 10.7. The molecule has 0 bridgehead atoms. The van der Waals surface area contributed by atoms with Crippen molar-refractivity contribution in [3.05, 3.63) is 34.2 Å². The molecule has 0 aliphatic carbocycles. The van der Waals surface area contributed by atoms with Crippen LogP contribution in [0.15, 0.2) is 23.0 Å². The normalized spacial score (nSPS) is 19.2. The second-order valence-corrected chi connectivity index (χ2v) is 7.10. The van der Waals surface area contributed by atoms with E-state index in [4.69, 9.17) is 0 Å². The number of piperidine rings is 1. The molecule has 0 unspecified atom stereocenters. The highest BCUT2D eigenvalue weighted by Gasteiger charge is 2.32. The van der Waals surface area contributed by atoms with Gasteiger partial charge in [0.05, 0.1) is 11.0 Å². The minimum atomic E-state index is -0.640. The smallest absolute Gasteiger partial charge is 0.295 e. The summed E-state index contributed by atoms with van der Waals surface area (Å²) in [5.74, 6) is -0.688. The number of para-hydroxylation sites is 1. The molecular formula is C17H21N3O3. The van der Waals surface area contributed by atoms with Gasteiger partial charge in [-0.25, -0.2) is 4.79 Å². The lowest BCUT2D eigenvalue weighted by molar-refractivity contribution is -0.135. The van der Waals surface area contributed by atoms with Crippen LogP contribution in [0.5, 0.6) is 0 Å². The Balaban J connectivity index is 2.28. The first-order valence-electron chi connectivity index (χ1n) is 7.76. The maximum absolute atomic E-state index is 12.8. The predicted octanol–water partition coefficient (Wildman–Crippen LogP) is 1.62. The molecule has 0 saturated carbocycles. The van der Waals surface area contributed by atoms with Gasteiger partial charge in [-0.1, -0.05) is 32.9 Å². The Bertz CT molecular complexity index is 868. The zero-order valence-corrected chi connectivity index (χ0v) is 13.8. The molecule has 6 heteroatoms. The van der Waals surface area contributed by atoms with E-state index in [2.05, 4.69) is 26.1 Å². The molecule has 6 nitrogen and oxygen atoms in total. The number of carbonyl (C=O) groups is 2. The molecule has 1 N–H and O–H groups in total. The molecule has 0 spiro atoms. The minimum absolute atomic E-state index is 0.124. The minimum Gasteiger partial charge on any atom is -0.295 e. The molecule has 2 heterocycles. The van der Waals surface area contributed by atoms with Gasteiger partial charge < -0.3 is 0 Å². The third-order valence-electron chi connectivity index (χ3n) is 4.43. The monoisotopic (exact) mass is 315 g/mol. The van der Waals surface area contributed by atoms with Crippen molar-refractivity contribution in [3.63, 3.8) is 0 Å². The summed E-state index contributed by atoms with van der Waals surface area (Å²) >= 11 is 0. The summed E-state index contributed by atoms with van der Waals surface area (Å²) in [6.45, 7) is 6.28. The van der Waals surface area contributed by atoms with Crippen molar-refractivity contribution in [1.29, 1.82) is 0 Å². The van der Waals surface area contributed by atoms with E-state index in [-0.39, 0.29) is 23.4 Å². The number of imide groups is 1. The quantitative estimate of drug-likeness (QED) is 0.813. The summed E-state index contributed by atoms with van der Waals surface area (Å²) in [6.07, 6.45) is 0.599. The third-order valence-corrected chi connectivity index (χ3v) is 4.43. The van der Waals surface area contributed by atoms with Crippen LogP contribution in [0.1, 0.15) is 45.2 Å². The van der Waals surface area contributed by atoms with Crippen molar-refractivity contribution >= 4 is 22.8 Å². The van der Waals surface area contributed by atoms with Gasteiger partial charge in [0.2, 0.25) is 11.8 Å². The lowest BCUT2D eigenvalue weighted by Crippen LogP contribution is -2.44. The number of imidazole rings is 1. The van der Waals surface area contributed by atoms with Crippen LogP contribution >= 0.6 is 0 Å². The van der Waals surface area contributed by atoms with Gasteiger partial charge in [-0.15, -0.1) is 0 Å². The number of aromatic nitrogens is 2. The number of amides is 2. The van der Waals surface area contributed by atoms with Crippen LogP contribution in [0.4, 0.5) is 0 Å². The summed E-state index contributed by atoms with van der Waals surface area (Å²) in [7, 11) is 1.72. The van der Waals surface area contributed by atoms with E-state index in [9.17, 15) is 14.4 Å². The number of hydrogen-bond acceptors (Lipinski definition) is 3. The second-order valence-electron chi connectivity index (χ2n) is 7.10. The van der Waals surface area contributed by atoms with Crippen LogP contribution in [0.2, 0.25) is 0 Å². The molecule has 1 fully saturated rings. The summed E-state index contributed by atoms with van der Waals surface area (Å²) < 4.78 is 3.12. The van der Waals surface area contributed by atoms with E-state index in [1.807, 2.05) is 18.2 Å². The maximum atomic E-state index is 12.8. The molecule has 1 atom stereocenters. The number of carbonyl (C=O) groups excluding carboxylic acids is 2. The number of nitrogens with zero attached hydrogens (tertiary/aromatic N) is 2. The van der Waals surface area contributed by atoms with Crippen molar-refractivity contribution in [2.24, 2.45) is 7.05 Å². The first kappa shape index (κ1) is 15.5. The number of nitrogens with one attached hydrogen (secondary N) is 1. The van der Waals surface area contributed by atoms with Gasteiger partial charge in [-0.05, 0) is 23.5 Å². The second kappa shape index (κ2) is 5.08. The molecule has 1 aromatic heterocycles. The van der Waals surface area contributed by atoms with Crippen molar-refractivity contribution < 1.29 is 9.59 Å². The van der Waals surface area contributed by atoms with Crippen LogP contribution in [0.3, 0.4) is 0 Å². The lowest BCUT2D eigenvalue weighted by atomic mass is 9.86. The van der Waals surface area contributed by atoms with Gasteiger partial charge in [0.15, 0.2) is 0 Å². The Morgan fingerprint density at radius 1 is 1.17 bits per heavy atom. The third kappa shape index (κ3) is 2.38. The molecule has 1 aliphatic heterocycles. The molecule has 1 aromatic carbocycles. The van der Waals surface area contributed by atoms with Gasteiger partial charge in [0.1, 0.15) is 6.04 Å². The summed E-state index contributed by atoms with van der Waals surface area (Å²) in [4.78, 5) is 36.3. The highest BCUT2D eigenvalue weighted by Crippen LogP contribution is 2.31. The summed E-state index contributed by atoms with van der Waals surface area (Å²) in [6, 6.07) is 5.14. The van der Waals surface area contributed by atoms with Crippen molar-refractivity contribution in [2.75, 3.05) is 0 Å². The number of benzene rings is 1. The molecular weight excluding hydrogens is 294 g/mol. The predicted molar refractivity (Wildman–Crippen MR) is 87.3 cm³/mol. The number of hydrogen-bond donors (Lipinski definition) is 1. The van der Waals surface area contributed by atoms with Crippen LogP contribution in [-0.2, 0) is 22.1 Å². The van der Waals surface area contributed by atoms with Crippen LogP contribution < -0.4 is 11.0 Å². The van der Waals surface area contributed by atoms with E-state index in [1.54, 1.807) is 11.6 Å². The van der Waals surface area contributed by atoms with Gasteiger partial charge in [0, 0.05) is 13.5 Å². The molecule has 122 valence electrons. The van der Waals surface area contributed by atoms with E-state index < -0.39 is 11.9 Å². The molecule has 23 heavy (non-hydrogen) atoms. The van der Waals surface area contributed by atoms with Crippen molar-refractivity contribution in [1.82, 2.24) is 14.5 Å². The Morgan fingerprint density at radius 3 is 2.48 bits per heavy atom. The number of rotatable bonds is 1. The Morgan fingerprint density at radius 2 is 1.87 bits per heavy atom. The highest BCUT2D eigenvalue weighted by atomic mass is 16.2. The zero-order chi connectivity index (χ0) is 16.9. The van der Waals surface area contributed by atoms with E-state index in [1.165, 1.54) is 4.57 Å². The molecule has 3 rings (SSSR count). The fraction of sp³-hybridized carbons (Fsp3) is 0.471. The van der Waals surface area contributed by atoms with Gasteiger partial charge in [-0.2, -0.15) is 0 Å². The van der Waals surface area contributed by atoms with Gasteiger partial charge in [-0.3, -0.25) is 24.0 Å². The fourth-order valence-corrected chi connectivity index (χ4v) is 3.27. The maximum Gasteiger partial charge on any atom is 0.329 e.